The minimum absolute atomic E-state index is 0.0324. The van der Waals surface area contributed by atoms with E-state index < -0.39 is 29.2 Å². The first kappa shape index (κ1) is 23.9. The normalized spacial score (nSPS) is 22.3. The van der Waals surface area contributed by atoms with E-state index in [1.807, 2.05) is 11.9 Å². The first-order chi connectivity index (χ1) is 15.6. The van der Waals surface area contributed by atoms with Crippen LogP contribution >= 0.6 is 11.6 Å². The summed E-state index contributed by atoms with van der Waals surface area (Å²) in [6.45, 7) is 2.59. The Kier molecular flexibility index (Phi) is 6.43. The summed E-state index contributed by atoms with van der Waals surface area (Å²) in [6, 6.07) is 2.53. The van der Waals surface area contributed by atoms with Gasteiger partial charge in [-0.15, -0.1) is 0 Å². The van der Waals surface area contributed by atoms with Gasteiger partial charge in [0.05, 0.1) is 17.1 Å². The second-order valence-corrected chi connectivity index (χ2v) is 9.18. The van der Waals surface area contributed by atoms with E-state index in [1.54, 1.807) is 6.92 Å². The summed E-state index contributed by atoms with van der Waals surface area (Å²) in [7, 11) is 3.26. The standard InChI is InChI=1S/C23H27ClF2N4O3/c1-4-23(32,22(26)5-7-29(2)8-6-22)14-9-16-19(17(25)10-14)21(33-3)30(20(16)31)13-18-27-11-15(24)12-28-18/h9-12,21,32H,4-8,13H2,1-3H3. The van der Waals surface area contributed by atoms with Crippen molar-refractivity contribution in [3.8, 4) is 0 Å². The number of methoxy groups -OCH3 is 1. The Labute approximate surface area is 196 Å². The Morgan fingerprint density at radius 1 is 1.30 bits per heavy atom. The highest BCUT2D eigenvalue weighted by Gasteiger charge is 2.53. The zero-order valence-corrected chi connectivity index (χ0v) is 19.6. The molecule has 1 aromatic heterocycles. The van der Waals surface area contributed by atoms with E-state index in [9.17, 15) is 9.90 Å². The molecule has 178 valence electrons. The molecule has 7 nitrogen and oxygen atoms in total. The lowest BCUT2D eigenvalue weighted by Crippen LogP contribution is -2.54. The van der Waals surface area contributed by atoms with Crippen molar-refractivity contribution in [2.45, 2.75) is 50.2 Å². The molecule has 0 bridgehead atoms. The fourth-order valence-electron chi connectivity index (χ4n) is 4.84. The molecule has 2 aliphatic rings. The number of hydrogen-bond donors (Lipinski definition) is 1. The van der Waals surface area contributed by atoms with Crippen LogP contribution in [0.1, 0.15) is 59.7 Å². The molecular formula is C23H27ClF2N4O3. The molecule has 1 aromatic carbocycles. The van der Waals surface area contributed by atoms with Gasteiger partial charge in [-0.3, -0.25) is 4.79 Å². The second kappa shape index (κ2) is 8.87. The third kappa shape index (κ3) is 4.01. The van der Waals surface area contributed by atoms with Gasteiger partial charge in [0.15, 0.2) is 6.23 Å². The summed E-state index contributed by atoms with van der Waals surface area (Å²) in [4.78, 5) is 24.8. The van der Waals surface area contributed by atoms with E-state index in [0.717, 1.165) is 6.07 Å². The number of carbonyl (C=O) groups is 1. The molecule has 10 heteroatoms. The fraction of sp³-hybridized carbons (Fsp3) is 0.522. The van der Waals surface area contributed by atoms with Gasteiger partial charge in [-0.2, -0.15) is 0 Å². The Morgan fingerprint density at radius 3 is 2.52 bits per heavy atom. The van der Waals surface area contributed by atoms with Crippen LogP contribution in [0, 0.1) is 5.82 Å². The van der Waals surface area contributed by atoms with Crippen LogP contribution in [-0.4, -0.2) is 63.7 Å². The number of ether oxygens (including phenoxy) is 1. The fourth-order valence-corrected chi connectivity index (χ4v) is 4.94. The number of halogens is 3. The van der Waals surface area contributed by atoms with Gasteiger partial charge in [0.2, 0.25) is 0 Å². The van der Waals surface area contributed by atoms with Crippen molar-refractivity contribution >= 4 is 17.5 Å². The van der Waals surface area contributed by atoms with Crippen molar-refractivity contribution in [2.75, 3.05) is 27.2 Å². The summed E-state index contributed by atoms with van der Waals surface area (Å²) in [5.74, 6) is -0.932. The van der Waals surface area contributed by atoms with Crippen LogP contribution in [0.15, 0.2) is 24.5 Å². The predicted molar refractivity (Wildman–Crippen MR) is 118 cm³/mol. The van der Waals surface area contributed by atoms with Crippen molar-refractivity contribution in [3.05, 3.63) is 57.9 Å². The van der Waals surface area contributed by atoms with Gasteiger partial charge in [0, 0.05) is 38.2 Å². The molecule has 2 atom stereocenters. The van der Waals surface area contributed by atoms with Gasteiger partial charge in [-0.25, -0.2) is 18.7 Å². The molecule has 4 rings (SSSR count). The van der Waals surface area contributed by atoms with Gasteiger partial charge in [0.25, 0.3) is 5.91 Å². The predicted octanol–water partition coefficient (Wildman–Crippen LogP) is 3.60. The molecule has 0 saturated carbocycles. The summed E-state index contributed by atoms with van der Waals surface area (Å²) in [6.07, 6.45) is 2.07. The van der Waals surface area contributed by atoms with Crippen LogP contribution in [0.3, 0.4) is 0 Å². The lowest BCUT2D eigenvalue weighted by molar-refractivity contribution is -0.136. The third-order valence-corrected chi connectivity index (χ3v) is 7.06. The van der Waals surface area contributed by atoms with Crippen LogP contribution < -0.4 is 0 Å². The smallest absolute Gasteiger partial charge is 0.257 e. The molecule has 2 aliphatic heterocycles. The van der Waals surface area contributed by atoms with Gasteiger partial charge >= 0.3 is 0 Å². The molecule has 0 aliphatic carbocycles. The highest BCUT2D eigenvalue weighted by molar-refractivity contribution is 6.30. The molecule has 2 aromatic rings. The number of nitrogens with zero attached hydrogens (tertiary/aromatic N) is 4. The minimum Gasteiger partial charge on any atom is -0.382 e. The molecule has 33 heavy (non-hydrogen) atoms. The van der Waals surface area contributed by atoms with Gasteiger partial charge in [0.1, 0.15) is 22.9 Å². The number of hydrogen-bond acceptors (Lipinski definition) is 6. The van der Waals surface area contributed by atoms with Crippen LogP contribution in [0.25, 0.3) is 0 Å². The maximum absolute atomic E-state index is 16.1. The van der Waals surface area contributed by atoms with E-state index in [-0.39, 0.29) is 42.5 Å². The quantitative estimate of drug-likeness (QED) is 0.680. The van der Waals surface area contributed by atoms with Gasteiger partial charge in [-0.05, 0) is 44.0 Å². The number of amides is 1. The summed E-state index contributed by atoms with van der Waals surface area (Å²) in [5, 5.41) is 11.9. The van der Waals surface area contributed by atoms with Crippen molar-refractivity contribution in [1.82, 2.24) is 19.8 Å². The third-order valence-electron chi connectivity index (χ3n) is 6.87. The molecule has 1 fully saturated rings. The van der Waals surface area contributed by atoms with Gasteiger partial charge in [-0.1, -0.05) is 18.5 Å². The molecule has 0 radical (unpaired) electrons. The van der Waals surface area contributed by atoms with E-state index >= 15 is 8.78 Å². The number of benzene rings is 1. The lowest BCUT2D eigenvalue weighted by atomic mass is 9.71. The van der Waals surface area contributed by atoms with Crippen LogP contribution in [0.2, 0.25) is 5.02 Å². The van der Waals surface area contributed by atoms with Crippen molar-refractivity contribution in [2.24, 2.45) is 0 Å². The Balaban J connectivity index is 1.72. The summed E-state index contributed by atoms with van der Waals surface area (Å²) < 4.78 is 36.9. The molecule has 1 saturated heterocycles. The van der Waals surface area contributed by atoms with Crippen molar-refractivity contribution in [1.29, 1.82) is 0 Å². The number of alkyl halides is 1. The number of rotatable bonds is 6. The lowest BCUT2D eigenvalue weighted by Gasteiger charge is -2.45. The van der Waals surface area contributed by atoms with Crippen LogP contribution in [0.4, 0.5) is 8.78 Å². The van der Waals surface area contributed by atoms with E-state index in [2.05, 4.69) is 9.97 Å². The Hall–Kier alpha value is -2.20. The number of carbonyl (C=O) groups excluding carboxylic acids is 1. The largest absolute Gasteiger partial charge is 0.382 e. The molecule has 0 spiro atoms. The Morgan fingerprint density at radius 2 is 1.94 bits per heavy atom. The minimum atomic E-state index is -1.94. The average molecular weight is 481 g/mol. The highest BCUT2D eigenvalue weighted by Crippen LogP contribution is 2.47. The number of aromatic nitrogens is 2. The maximum atomic E-state index is 16.1. The number of fused-ring (bicyclic) bond motifs is 1. The number of likely N-dealkylation sites (tertiary alicyclic amines) is 1. The van der Waals surface area contributed by atoms with E-state index in [4.69, 9.17) is 16.3 Å². The van der Waals surface area contributed by atoms with Crippen LogP contribution in [0.5, 0.6) is 0 Å². The number of piperidine rings is 1. The van der Waals surface area contributed by atoms with Crippen LogP contribution in [-0.2, 0) is 16.9 Å². The highest BCUT2D eigenvalue weighted by atomic mass is 35.5. The molecule has 2 unspecified atom stereocenters. The first-order valence-corrected chi connectivity index (χ1v) is 11.2. The van der Waals surface area contributed by atoms with Gasteiger partial charge < -0.3 is 19.6 Å². The van der Waals surface area contributed by atoms with Crippen molar-refractivity contribution < 1.29 is 23.4 Å². The number of aliphatic hydroxyl groups is 1. The molecule has 1 N–H and O–H groups in total. The first-order valence-electron chi connectivity index (χ1n) is 10.9. The average Bonchev–Trinajstić information content (AvgIpc) is 3.08. The Bertz CT molecular complexity index is 1050. The van der Waals surface area contributed by atoms with Crippen molar-refractivity contribution in [3.63, 3.8) is 0 Å². The summed E-state index contributed by atoms with van der Waals surface area (Å²) >= 11 is 5.83. The molecule has 1 amide bonds. The SMILES string of the molecule is CCC(O)(c1cc(F)c2c(c1)C(=O)N(Cc1ncc(Cl)cn1)C2OC)C1(F)CCN(C)CC1. The van der Waals surface area contributed by atoms with E-state index in [0.29, 0.717) is 23.9 Å². The topological polar surface area (TPSA) is 78.8 Å². The second-order valence-electron chi connectivity index (χ2n) is 8.74. The van der Waals surface area contributed by atoms with E-state index in [1.165, 1.54) is 30.5 Å². The zero-order valence-electron chi connectivity index (χ0n) is 18.8. The zero-order chi connectivity index (χ0) is 24.0. The molecule has 3 heterocycles. The maximum Gasteiger partial charge on any atom is 0.257 e. The molecular weight excluding hydrogens is 454 g/mol. The summed E-state index contributed by atoms with van der Waals surface area (Å²) in [5.41, 5.74) is -3.72. The monoisotopic (exact) mass is 480 g/mol.